The van der Waals surface area contributed by atoms with Crippen LogP contribution in [0.4, 0.5) is 0 Å². The number of aliphatic imine (C=N–C) groups is 1. The Balaban J connectivity index is -0.000000436. The predicted octanol–water partition coefficient (Wildman–Crippen LogP) is -2.01. The number of rotatable bonds is 9. The van der Waals surface area contributed by atoms with E-state index in [9.17, 15) is 14.7 Å². The number of aliphatic hydroxyl groups is 2. The van der Waals surface area contributed by atoms with Crippen LogP contribution < -0.4 is 40.0 Å². The molecule has 0 fully saturated rings. The Morgan fingerprint density at radius 1 is 1.07 bits per heavy atom. The molecule has 8 nitrogen and oxygen atoms in total. The molecule has 28 heavy (non-hydrogen) atoms. The van der Waals surface area contributed by atoms with Crippen LogP contribution in [0.1, 0.15) is 66.7 Å². The topological polar surface area (TPSA) is 131 Å². The van der Waals surface area contributed by atoms with E-state index in [-0.39, 0.29) is 48.7 Å². The molecule has 0 saturated carbocycles. The summed E-state index contributed by atoms with van der Waals surface area (Å²) in [7, 11) is 0. The number of hydrogen-bond acceptors (Lipinski definition) is 6. The van der Waals surface area contributed by atoms with Crippen LogP contribution in [-0.2, 0) is 14.3 Å². The summed E-state index contributed by atoms with van der Waals surface area (Å²) in [6.07, 6.45) is 4.30. The molecule has 0 bridgehead atoms. The van der Waals surface area contributed by atoms with E-state index in [2.05, 4.69) is 24.2 Å². The van der Waals surface area contributed by atoms with Gasteiger partial charge in [-0.15, -0.1) is 0 Å². The first-order valence-electron chi connectivity index (χ1n) is 9.73. The van der Waals surface area contributed by atoms with Gasteiger partial charge in [0.25, 0.3) is 5.91 Å². The van der Waals surface area contributed by atoms with Gasteiger partial charge in [-0.05, 0) is 31.6 Å². The molecular formula is C19H37N2NaO6. The third kappa shape index (κ3) is 11.5. The fourth-order valence-electron chi connectivity index (χ4n) is 2.69. The minimum absolute atomic E-state index is 0. The summed E-state index contributed by atoms with van der Waals surface area (Å²) in [6, 6.07) is -0.845. The summed E-state index contributed by atoms with van der Waals surface area (Å²) in [6.45, 7) is 11.5. The Hall–Kier alpha value is -0.510. The van der Waals surface area contributed by atoms with Crippen LogP contribution in [0.2, 0.25) is 0 Å². The van der Waals surface area contributed by atoms with Gasteiger partial charge in [0.05, 0.1) is 19.2 Å². The van der Waals surface area contributed by atoms with E-state index in [0.717, 1.165) is 38.9 Å². The van der Waals surface area contributed by atoms with Gasteiger partial charge >= 0.3 is 29.6 Å². The molecule has 0 aromatic carbocycles. The zero-order valence-corrected chi connectivity index (χ0v) is 20.4. The molecule has 2 atom stereocenters. The molecule has 1 aliphatic heterocycles. The number of carbonyl (C=O) groups is 2. The van der Waals surface area contributed by atoms with E-state index in [1.165, 1.54) is 0 Å². The Kier molecular flexibility index (Phi) is 22.7. The molecule has 2 unspecified atom stereocenters. The molecule has 0 saturated heterocycles. The van der Waals surface area contributed by atoms with E-state index >= 15 is 0 Å². The smallest absolute Gasteiger partial charge is 0.846 e. The van der Waals surface area contributed by atoms with Crippen molar-refractivity contribution < 1.29 is 59.2 Å². The molecule has 1 rings (SSSR count). The van der Waals surface area contributed by atoms with E-state index in [4.69, 9.17) is 14.9 Å². The van der Waals surface area contributed by atoms with Crippen LogP contribution in [0, 0.1) is 11.3 Å². The number of aliphatic hydroxyl groups excluding tert-OH is 2. The molecular weight excluding hydrogens is 375 g/mol. The second-order valence-electron chi connectivity index (χ2n) is 6.25. The maximum Gasteiger partial charge on any atom is 1.00 e. The van der Waals surface area contributed by atoms with Crippen LogP contribution in [0.15, 0.2) is 4.99 Å². The van der Waals surface area contributed by atoms with Crippen molar-refractivity contribution in [1.82, 2.24) is 5.32 Å². The van der Waals surface area contributed by atoms with Gasteiger partial charge in [-0.2, -0.15) is 0 Å². The number of ether oxygens (including phenoxy) is 1. The molecule has 0 spiro atoms. The van der Waals surface area contributed by atoms with Gasteiger partial charge in [0.2, 0.25) is 5.91 Å². The average Bonchev–Trinajstić information content (AvgIpc) is 2.63. The van der Waals surface area contributed by atoms with Crippen LogP contribution in [0.25, 0.3) is 0 Å². The molecule has 1 heterocycles. The molecule has 0 aromatic rings. The maximum atomic E-state index is 11.9. The molecule has 160 valence electrons. The van der Waals surface area contributed by atoms with E-state index in [0.29, 0.717) is 6.42 Å². The summed E-state index contributed by atoms with van der Waals surface area (Å²) in [4.78, 5) is 27.1. The van der Waals surface area contributed by atoms with Gasteiger partial charge in [-0.1, -0.05) is 41.0 Å². The molecule has 3 N–H and O–H groups in total. The van der Waals surface area contributed by atoms with Crippen LogP contribution in [0.3, 0.4) is 0 Å². The van der Waals surface area contributed by atoms with Crippen molar-refractivity contribution >= 4 is 17.8 Å². The van der Waals surface area contributed by atoms with Crippen LogP contribution in [-0.4, -0.2) is 54.5 Å². The Bertz CT molecular complexity index is 442. The maximum absolute atomic E-state index is 11.9. The van der Waals surface area contributed by atoms with Gasteiger partial charge in [-0.25, -0.2) is 4.99 Å². The number of nitrogens with zero attached hydrogens (tertiary/aromatic N) is 1. The van der Waals surface area contributed by atoms with Gasteiger partial charge in [0.15, 0.2) is 0 Å². The minimum Gasteiger partial charge on any atom is -0.846 e. The number of carbonyl (C=O) groups excluding carboxylic acids is 2. The Morgan fingerprint density at radius 2 is 1.57 bits per heavy atom. The standard InChI is InChI=1S/C11H18N2O3.C6H14O.C2H6O2.Na/c1-4-6-7(3)11(5-2)8(14)12-10(16)13-9(11)15;1-3-5-7-6-4-2;3-1-2-4;/h7H,4-6H2,1-3H3,(H2,12,13,14,15,16);3-6H2,1-2H3;3-4H,1-2H2;/q;;;+1/p-1. The van der Waals surface area contributed by atoms with Gasteiger partial charge in [0.1, 0.15) is 5.41 Å². The van der Waals surface area contributed by atoms with Crippen molar-refractivity contribution in [2.75, 3.05) is 26.4 Å². The van der Waals surface area contributed by atoms with Gasteiger partial charge in [-0.3, -0.25) is 9.59 Å². The summed E-state index contributed by atoms with van der Waals surface area (Å²) in [5.41, 5.74) is -1.15. The molecule has 9 heteroatoms. The quantitative estimate of drug-likeness (QED) is 0.228. The Morgan fingerprint density at radius 3 is 1.89 bits per heavy atom. The number of hydrogen-bond donors (Lipinski definition) is 3. The van der Waals surface area contributed by atoms with Crippen molar-refractivity contribution in [3.63, 3.8) is 0 Å². The molecule has 0 aromatic heterocycles. The third-order valence-corrected chi connectivity index (χ3v) is 4.13. The first-order valence-corrected chi connectivity index (χ1v) is 9.73. The minimum atomic E-state index is -1.15. The largest absolute Gasteiger partial charge is 1.00 e. The normalized spacial score (nSPS) is 19.0. The van der Waals surface area contributed by atoms with Crippen molar-refractivity contribution in [3.05, 3.63) is 0 Å². The van der Waals surface area contributed by atoms with E-state index < -0.39 is 23.3 Å². The molecule has 2 amide bonds. The zero-order chi connectivity index (χ0) is 21.3. The number of amides is 2. The summed E-state index contributed by atoms with van der Waals surface area (Å²) in [5.74, 6) is -1.20. The second kappa shape index (κ2) is 19.8. The third-order valence-electron chi connectivity index (χ3n) is 4.13. The predicted molar refractivity (Wildman–Crippen MR) is 103 cm³/mol. The van der Waals surface area contributed by atoms with E-state index in [1.54, 1.807) is 6.92 Å². The Labute approximate surface area is 191 Å². The van der Waals surface area contributed by atoms with Crippen molar-refractivity contribution in [2.24, 2.45) is 16.3 Å². The molecule has 1 aliphatic rings. The van der Waals surface area contributed by atoms with Crippen molar-refractivity contribution in [1.29, 1.82) is 0 Å². The van der Waals surface area contributed by atoms with Gasteiger partial charge < -0.3 is 25.4 Å². The fourth-order valence-corrected chi connectivity index (χ4v) is 2.69. The molecule has 0 radical (unpaired) electrons. The van der Waals surface area contributed by atoms with Crippen LogP contribution in [0.5, 0.6) is 0 Å². The summed E-state index contributed by atoms with van der Waals surface area (Å²) in [5, 5.41) is 28.3. The number of nitrogens with one attached hydrogen (secondary N) is 1. The van der Waals surface area contributed by atoms with E-state index in [1.807, 2.05) is 13.8 Å². The zero-order valence-electron chi connectivity index (χ0n) is 18.4. The number of amidine groups is 1. The monoisotopic (exact) mass is 412 g/mol. The first kappa shape index (κ1) is 32.2. The molecule has 0 aliphatic carbocycles. The first-order chi connectivity index (χ1) is 12.8. The second-order valence-corrected chi connectivity index (χ2v) is 6.25. The van der Waals surface area contributed by atoms with Gasteiger partial charge in [0, 0.05) is 13.2 Å². The fraction of sp³-hybridized carbons (Fsp3) is 0.842. The van der Waals surface area contributed by atoms with Crippen molar-refractivity contribution in [2.45, 2.75) is 66.7 Å². The summed E-state index contributed by atoms with van der Waals surface area (Å²) >= 11 is 0. The summed E-state index contributed by atoms with van der Waals surface area (Å²) < 4.78 is 5.13. The van der Waals surface area contributed by atoms with Crippen molar-refractivity contribution in [3.8, 4) is 0 Å². The SMILES string of the molecule is CCCC(C)C1(CC)C(=O)N=C([O-])NC1=O.CCCOCCC.OCCO.[Na+]. The van der Waals surface area contributed by atoms with Crippen LogP contribution >= 0.6 is 0 Å². The average molecular weight is 413 g/mol.